The summed E-state index contributed by atoms with van der Waals surface area (Å²) in [4.78, 5) is 0. The van der Waals surface area contributed by atoms with Crippen molar-refractivity contribution in [3.8, 4) is 0 Å². The number of benzene rings is 1. The molecule has 0 saturated heterocycles. The Morgan fingerprint density at radius 1 is 0.750 bits per heavy atom. The molecule has 164 valence electrons. The zero-order valence-electron chi connectivity index (χ0n) is 19.3. The van der Waals surface area contributed by atoms with Gasteiger partial charge in [-0.25, -0.2) is 0 Å². The number of hydrogen-bond acceptors (Lipinski definition) is 1. The molecule has 1 aromatic carbocycles. The number of hydrogen-bond donors (Lipinski definition) is 1. The molecule has 0 radical (unpaired) electrons. The standard InChI is InChI=1S/C26H47N.ClH/c1-5-6-7-8-9-10-11-12-13-14-15-17-20-24(2)26(3,4)27-23-25-21-18-16-19-22-25;/h16,18-19,21-22,24,27H,5-15,17,20,23H2,1-4H3;1H. The van der Waals surface area contributed by atoms with Gasteiger partial charge in [0.05, 0.1) is 0 Å². The van der Waals surface area contributed by atoms with Crippen LogP contribution < -0.4 is 5.32 Å². The fourth-order valence-corrected chi connectivity index (χ4v) is 3.75. The summed E-state index contributed by atoms with van der Waals surface area (Å²) in [7, 11) is 0. The van der Waals surface area contributed by atoms with E-state index in [1.807, 2.05) is 0 Å². The average molecular weight is 410 g/mol. The van der Waals surface area contributed by atoms with Gasteiger partial charge in [-0.3, -0.25) is 0 Å². The van der Waals surface area contributed by atoms with Crippen LogP contribution in [0.5, 0.6) is 0 Å². The molecular weight excluding hydrogens is 362 g/mol. The lowest BCUT2D eigenvalue weighted by atomic mass is 9.84. The van der Waals surface area contributed by atoms with Crippen LogP contribution in [0.25, 0.3) is 0 Å². The van der Waals surface area contributed by atoms with E-state index in [1.54, 1.807) is 0 Å². The Morgan fingerprint density at radius 3 is 1.71 bits per heavy atom. The molecule has 0 fully saturated rings. The lowest BCUT2D eigenvalue weighted by molar-refractivity contribution is 0.249. The number of rotatable bonds is 17. The molecule has 0 bridgehead atoms. The Balaban J connectivity index is 0.00000729. The molecular formula is C26H48ClN. The topological polar surface area (TPSA) is 12.0 Å². The minimum Gasteiger partial charge on any atom is -0.307 e. The van der Waals surface area contributed by atoms with Gasteiger partial charge in [-0.2, -0.15) is 0 Å². The summed E-state index contributed by atoms with van der Waals surface area (Å²) in [5.74, 6) is 0.712. The summed E-state index contributed by atoms with van der Waals surface area (Å²) in [5.41, 5.74) is 1.58. The van der Waals surface area contributed by atoms with Crippen LogP contribution in [0, 0.1) is 5.92 Å². The summed E-state index contributed by atoms with van der Waals surface area (Å²) in [6, 6.07) is 10.8. The first kappa shape index (κ1) is 27.5. The lowest BCUT2D eigenvalue weighted by Gasteiger charge is -2.33. The predicted molar refractivity (Wildman–Crippen MR) is 129 cm³/mol. The molecule has 0 aliphatic carbocycles. The van der Waals surface area contributed by atoms with Gasteiger partial charge in [0.1, 0.15) is 0 Å². The molecule has 2 heteroatoms. The van der Waals surface area contributed by atoms with Crippen molar-refractivity contribution in [2.75, 3.05) is 0 Å². The van der Waals surface area contributed by atoms with E-state index < -0.39 is 0 Å². The van der Waals surface area contributed by atoms with E-state index in [0.29, 0.717) is 5.92 Å². The summed E-state index contributed by atoms with van der Waals surface area (Å²) < 4.78 is 0. The highest BCUT2D eigenvalue weighted by Crippen LogP contribution is 2.23. The fourth-order valence-electron chi connectivity index (χ4n) is 3.75. The Labute approximate surface area is 182 Å². The fraction of sp³-hybridized carbons (Fsp3) is 0.769. The third-order valence-corrected chi connectivity index (χ3v) is 6.31. The highest BCUT2D eigenvalue weighted by atomic mass is 35.5. The van der Waals surface area contributed by atoms with Crippen LogP contribution >= 0.6 is 12.4 Å². The predicted octanol–water partition coefficient (Wildman–Crippen LogP) is 8.70. The molecule has 1 rings (SSSR count). The van der Waals surface area contributed by atoms with Crippen LogP contribution in [0.2, 0.25) is 0 Å². The van der Waals surface area contributed by atoms with Gasteiger partial charge in [-0.05, 0) is 31.7 Å². The molecule has 0 aliphatic heterocycles. The van der Waals surface area contributed by atoms with Gasteiger partial charge in [0.15, 0.2) is 0 Å². The minimum absolute atomic E-state index is 0. The quantitative estimate of drug-likeness (QED) is 0.253. The molecule has 0 saturated carbocycles. The molecule has 28 heavy (non-hydrogen) atoms. The van der Waals surface area contributed by atoms with E-state index in [-0.39, 0.29) is 17.9 Å². The van der Waals surface area contributed by atoms with Gasteiger partial charge >= 0.3 is 0 Å². The normalized spacial score (nSPS) is 12.6. The van der Waals surface area contributed by atoms with Crippen LogP contribution in [0.3, 0.4) is 0 Å². The van der Waals surface area contributed by atoms with Crippen molar-refractivity contribution in [3.05, 3.63) is 35.9 Å². The minimum atomic E-state index is 0. The van der Waals surface area contributed by atoms with Crippen LogP contribution in [0.1, 0.15) is 117 Å². The van der Waals surface area contributed by atoms with Crippen molar-refractivity contribution >= 4 is 12.4 Å². The van der Waals surface area contributed by atoms with E-state index in [4.69, 9.17) is 0 Å². The Morgan fingerprint density at radius 2 is 1.21 bits per heavy atom. The monoisotopic (exact) mass is 409 g/mol. The van der Waals surface area contributed by atoms with Crippen molar-refractivity contribution in [3.63, 3.8) is 0 Å². The maximum Gasteiger partial charge on any atom is 0.0210 e. The zero-order valence-corrected chi connectivity index (χ0v) is 20.1. The van der Waals surface area contributed by atoms with Crippen molar-refractivity contribution in [1.29, 1.82) is 0 Å². The van der Waals surface area contributed by atoms with E-state index in [0.717, 1.165) is 6.54 Å². The van der Waals surface area contributed by atoms with Crippen LogP contribution in [0.15, 0.2) is 30.3 Å². The summed E-state index contributed by atoms with van der Waals surface area (Å²) in [6.07, 6.45) is 18.5. The van der Waals surface area contributed by atoms with Gasteiger partial charge in [0, 0.05) is 12.1 Å². The first-order valence-corrected chi connectivity index (χ1v) is 11.8. The molecule has 0 aliphatic rings. The Bertz CT molecular complexity index is 443. The third-order valence-electron chi connectivity index (χ3n) is 6.31. The van der Waals surface area contributed by atoms with Crippen LogP contribution in [-0.2, 0) is 6.54 Å². The highest BCUT2D eigenvalue weighted by Gasteiger charge is 2.24. The molecule has 0 heterocycles. The SMILES string of the molecule is CCCCCCCCCCCCCCC(C)C(C)(C)NCc1ccccc1.Cl. The first-order chi connectivity index (χ1) is 13.1. The summed E-state index contributed by atoms with van der Waals surface area (Å²) >= 11 is 0. The highest BCUT2D eigenvalue weighted by molar-refractivity contribution is 5.85. The number of nitrogens with one attached hydrogen (secondary N) is 1. The second-order valence-electron chi connectivity index (χ2n) is 9.14. The number of halogens is 1. The molecule has 1 unspecified atom stereocenters. The molecule has 0 spiro atoms. The van der Waals surface area contributed by atoms with Crippen molar-refractivity contribution < 1.29 is 0 Å². The smallest absolute Gasteiger partial charge is 0.0210 e. The molecule has 1 nitrogen and oxygen atoms in total. The van der Waals surface area contributed by atoms with Gasteiger partial charge in [0.2, 0.25) is 0 Å². The third kappa shape index (κ3) is 13.6. The maximum absolute atomic E-state index is 3.77. The zero-order chi connectivity index (χ0) is 19.8. The second-order valence-corrected chi connectivity index (χ2v) is 9.14. The maximum atomic E-state index is 3.77. The first-order valence-electron chi connectivity index (χ1n) is 11.8. The second kappa shape index (κ2) is 17.3. The van der Waals surface area contributed by atoms with Gasteiger partial charge in [-0.15, -0.1) is 12.4 Å². The average Bonchev–Trinajstić information content (AvgIpc) is 2.68. The molecule has 0 amide bonds. The van der Waals surface area contributed by atoms with E-state index in [9.17, 15) is 0 Å². The molecule has 0 aromatic heterocycles. The Hall–Kier alpha value is -0.530. The largest absolute Gasteiger partial charge is 0.307 e. The Kier molecular flexibility index (Phi) is 17.0. The van der Waals surface area contributed by atoms with Crippen LogP contribution in [0.4, 0.5) is 0 Å². The van der Waals surface area contributed by atoms with E-state index in [2.05, 4.69) is 63.3 Å². The summed E-state index contributed by atoms with van der Waals surface area (Å²) in [5, 5.41) is 3.77. The van der Waals surface area contributed by atoms with Gasteiger partial charge in [-0.1, -0.05) is 121 Å². The van der Waals surface area contributed by atoms with Crippen molar-refractivity contribution in [2.24, 2.45) is 5.92 Å². The molecule has 1 aromatic rings. The van der Waals surface area contributed by atoms with Crippen LogP contribution in [-0.4, -0.2) is 5.54 Å². The van der Waals surface area contributed by atoms with E-state index >= 15 is 0 Å². The summed E-state index contributed by atoms with van der Waals surface area (Å²) in [6.45, 7) is 10.4. The van der Waals surface area contributed by atoms with Crippen molar-refractivity contribution in [1.82, 2.24) is 5.32 Å². The number of unbranched alkanes of at least 4 members (excludes halogenated alkanes) is 11. The lowest BCUT2D eigenvalue weighted by Crippen LogP contribution is -2.44. The van der Waals surface area contributed by atoms with Crippen molar-refractivity contribution in [2.45, 2.75) is 123 Å². The van der Waals surface area contributed by atoms with Gasteiger partial charge in [0.25, 0.3) is 0 Å². The van der Waals surface area contributed by atoms with E-state index in [1.165, 1.54) is 89.0 Å². The molecule has 1 atom stereocenters. The van der Waals surface area contributed by atoms with Gasteiger partial charge < -0.3 is 5.32 Å². The molecule has 1 N–H and O–H groups in total.